The molecule has 0 heterocycles. The molecule has 1 amide bonds. The third kappa shape index (κ3) is 4.14. The Bertz CT molecular complexity index is 323. The van der Waals surface area contributed by atoms with Crippen LogP contribution in [0.15, 0.2) is 0 Å². The van der Waals surface area contributed by atoms with E-state index in [0.717, 1.165) is 25.7 Å². The van der Waals surface area contributed by atoms with Crippen molar-refractivity contribution in [2.75, 3.05) is 20.6 Å². The molecular formula is C14H27N3OS. The standard InChI is InChI=1S/C14H27N3OS/c1-11(17(2)3)10-16-13(18)14(12(15)19)8-6-4-5-7-9-14/h11H,4-10H2,1-3H3,(H2,15,19)(H,16,18). The largest absolute Gasteiger partial charge is 0.392 e. The summed E-state index contributed by atoms with van der Waals surface area (Å²) in [7, 11) is 4.01. The first kappa shape index (κ1) is 16.4. The van der Waals surface area contributed by atoms with E-state index in [1.165, 1.54) is 12.8 Å². The average Bonchev–Trinajstić information content (AvgIpc) is 2.61. The van der Waals surface area contributed by atoms with Crippen LogP contribution in [-0.2, 0) is 4.79 Å². The lowest BCUT2D eigenvalue weighted by Crippen LogP contribution is -2.51. The SMILES string of the molecule is CC(CNC(=O)C1(C(N)=S)CCCCCC1)N(C)C. The van der Waals surface area contributed by atoms with E-state index in [1.807, 2.05) is 14.1 Å². The van der Waals surface area contributed by atoms with Gasteiger partial charge in [0.1, 0.15) is 0 Å². The number of thiocarbonyl (C=S) groups is 1. The Kier molecular flexibility index (Phi) is 6.20. The Morgan fingerprint density at radius 1 is 1.32 bits per heavy atom. The van der Waals surface area contributed by atoms with Gasteiger partial charge in [-0.25, -0.2) is 0 Å². The maximum Gasteiger partial charge on any atom is 0.233 e. The molecule has 1 atom stereocenters. The summed E-state index contributed by atoms with van der Waals surface area (Å²) in [5.74, 6) is 0.0237. The summed E-state index contributed by atoms with van der Waals surface area (Å²) in [6.45, 7) is 2.72. The van der Waals surface area contributed by atoms with Crippen molar-refractivity contribution in [1.29, 1.82) is 0 Å². The number of carbonyl (C=O) groups excluding carboxylic acids is 1. The zero-order valence-corrected chi connectivity index (χ0v) is 13.2. The minimum Gasteiger partial charge on any atom is -0.392 e. The molecule has 0 bridgehead atoms. The number of carbonyl (C=O) groups is 1. The highest BCUT2D eigenvalue weighted by Crippen LogP contribution is 2.35. The number of rotatable bonds is 5. The molecule has 0 radical (unpaired) electrons. The molecular weight excluding hydrogens is 258 g/mol. The summed E-state index contributed by atoms with van der Waals surface area (Å²) < 4.78 is 0. The second-order valence-electron chi connectivity index (χ2n) is 5.88. The van der Waals surface area contributed by atoms with Crippen molar-refractivity contribution in [2.24, 2.45) is 11.1 Å². The van der Waals surface area contributed by atoms with Gasteiger partial charge in [-0.15, -0.1) is 0 Å². The molecule has 1 rings (SSSR count). The van der Waals surface area contributed by atoms with Gasteiger partial charge in [0.25, 0.3) is 0 Å². The fourth-order valence-electron chi connectivity index (χ4n) is 2.51. The zero-order valence-electron chi connectivity index (χ0n) is 12.4. The van der Waals surface area contributed by atoms with E-state index in [9.17, 15) is 4.79 Å². The summed E-state index contributed by atoms with van der Waals surface area (Å²) >= 11 is 5.20. The molecule has 1 fully saturated rings. The molecule has 110 valence electrons. The number of hydrogen-bond donors (Lipinski definition) is 2. The summed E-state index contributed by atoms with van der Waals surface area (Å²) in [6, 6.07) is 0.304. The van der Waals surface area contributed by atoms with Crippen LogP contribution in [0.1, 0.15) is 45.4 Å². The van der Waals surface area contributed by atoms with Crippen molar-refractivity contribution in [2.45, 2.75) is 51.5 Å². The molecule has 0 aliphatic heterocycles. The van der Waals surface area contributed by atoms with Gasteiger partial charge in [0.05, 0.1) is 10.4 Å². The van der Waals surface area contributed by atoms with Gasteiger partial charge in [-0.2, -0.15) is 0 Å². The van der Waals surface area contributed by atoms with Crippen molar-refractivity contribution in [1.82, 2.24) is 10.2 Å². The third-order valence-corrected chi connectivity index (χ3v) is 4.69. The van der Waals surface area contributed by atoms with Crippen molar-refractivity contribution in [3.63, 3.8) is 0 Å². The van der Waals surface area contributed by atoms with Crippen LogP contribution >= 0.6 is 12.2 Å². The normalized spacial score (nSPS) is 20.6. The summed E-state index contributed by atoms with van der Waals surface area (Å²) in [5, 5.41) is 3.04. The van der Waals surface area contributed by atoms with E-state index in [2.05, 4.69) is 17.1 Å². The van der Waals surface area contributed by atoms with Crippen LogP contribution in [0.5, 0.6) is 0 Å². The van der Waals surface area contributed by atoms with Crippen LogP contribution in [0.2, 0.25) is 0 Å². The van der Waals surface area contributed by atoms with Gasteiger partial charge in [-0.05, 0) is 33.9 Å². The summed E-state index contributed by atoms with van der Waals surface area (Å²) in [6.07, 6.45) is 6.01. The number of nitrogens with two attached hydrogens (primary N) is 1. The van der Waals surface area contributed by atoms with E-state index in [1.54, 1.807) is 0 Å². The molecule has 19 heavy (non-hydrogen) atoms. The zero-order chi connectivity index (χ0) is 14.5. The number of amides is 1. The van der Waals surface area contributed by atoms with Gasteiger partial charge < -0.3 is 16.0 Å². The Morgan fingerprint density at radius 2 is 1.84 bits per heavy atom. The quantitative estimate of drug-likeness (QED) is 0.596. The number of hydrogen-bond acceptors (Lipinski definition) is 3. The van der Waals surface area contributed by atoms with Gasteiger partial charge in [-0.3, -0.25) is 4.79 Å². The minimum atomic E-state index is -0.613. The number of nitrogens with one attached hydrogen (secondary N) is 1. The molecule has 0 saturated heterocycles. The van der Waals surface area contributed by atoms with E-state index >= 15 is 0 Å². The van der Waals surface area contributed by atoms with E-state index in [4.69, 9.17) is 18.0 Å². The number of likely N-dealkylation sites (N-methyl/N-ethyl adjacent to an activating group) is 1. The molecule has 4 nitrogen and oxygen atoms in total. The Morgan fingerprint density at radius 3 is 2.26 bits per heavy atom. The van der Waals surface area contributed by atoms with Gasteiger partial charge in [0.15, 0.2) is 0 Å². The Labute approximate surface area is 122 Å². The van der Waals surface area contributed by atoms with Crippen LogP contribution < -0.4 is 11.1 Å². The lowest BCUT2D eigenvalue weighted by Gasteiger charge is -2.31. The van der Waals surface area contributed by atoms with Gasteiger partial charge in [-0.1, -0.05) is 37.9 Å². The highest BCUT2D eigenvalue weighted by Gasteiger charge is 2.41. The summed E-state index contributed by atoms with van der Waals surface area (Å²) in [5.41, 5.74) is 5.29. The molecule has 0 spiro atoms. The minimum absolute atomic E-state index is 0.0237. The lowest BCUT2D eigenvalue weighted by molar-refractivity contribution is -0.128. The van der Waals surface area contributed by atoms with E-state index in [-0.39, 0.29) is 5.91 Å². The molecule has 5 heteroatoms. The van der Waals surface area contributed by atoms with Crippen LogP contribution in [0.4, 0.5) is 0 Å². The molecule has 1 aliphatic rings. The molecule has 1 saturated carbocycles. The maximum atomic E-state index is 12.5. The first-order valence-electron chi connectivity index (χ1n) is 7.15. The van der Waals surface area contributed by atoms with Gasteiger partial charge in [0.2, 0.25) is 5.91 Å². The predicted octanol–water partition coefficient (Wildman–Crippen LogP) is 1.68. The Hall–Kier alpha value is -0.680. The summed E-state index contributed by atoms with van der Waals surface area (Å²) in [4.78, 5) is 15.0. The van der Waals surface area contributed by atoms with E-state index in [0.29, 0.717) is 17.6 Å². The highest BCUT2D eigenvalue weighted by molar-refractivity contribution is 7.80. The van der Waals surface area contributed by atoms with Crippen molar-refractivity contribution in [3.8, 4) is 0 Å². The monoisotopic (exact) mass is 285 g/mol. The Balaban J connectivity index is 2.70. The van der Waals surface area contributed by atoms with Crippen LogP contribution in [0.3, 0.4) is 0 Å². The van der Waals surface area contributed by atoms with Crippen LogP contribution in [0, 0.1) is 5.41 Å². The predicted molar refractivity (Wildman–Crippen MR) is 83.1 cm³/mol. The highest BCUT2D eigenvalue weighted by atomic mass is 32.1. The molecule has 0 aromatic rings. The average molecular weight is 285 g/mol. The van der Waals surface area contributed by atoms with Crippen molar-refractivity contribution >= 4 is 23.1 Å². The molecule has 0 aromatic carbocycles. The third-order valence-electron chi connectivity index (χ3n) is 4.30. The lowest BCUT2D eigenvalue weighted by atomic mass is 9.79. The first-order chi connectivity index (χ1) is 8.90. The second kappa shape index (κ2) is 7.20. The molecule has 3 N–H and O–H groups in total. The maximum absolute atomic E-state index is 12.5. The van der Waals surface area contributed by atoms with Crippen LogP contribution in [0.25, 0.3) is 0 Å². The number of nitrogens with zero attached hydrogens (tertiary/aromatic N) is 1. The molecule has 1 unspecified atom stereocenters. The first-order valence-corrected chi connectivity index (χ1v) is 7.55. The second-order valence-corrected chi connectivity index (χ2v) is 6.32. The molecule has 0 aromatic heterocycles. The van der Waals surface area contributed by atoms with E-state index < -0.39 is 5.41 Å². The fourth-order valence-corrected chi connectivity index (χ4v) is 2.81. The van der Waals surface area contributed by atoms with Gasteiger partial charge in [0, 0.05) is 12.6 Å². The topological polar surface area (TPSA) is 58.4 Å². The molecule has 1 aliphatic carbocycles. The smallest absolute Gasteiger partial charge is 0.233 e. The van der Waals surface area contributed by atoms with Gasteiger partial charge >= 0.3 is 0 Å². The fraction of sp³-hybridized carbons (Fsp3) is 0.857. The van der Waals surface area contributed by atoms with Crippen molar-refractivity contribution in [3.05, 3.63) is 0 Å². The van der Waals surface area contributed by atoms with Crippen LogP contribution in [-0.4, -0.2) is 42.5 Å². The van der Waals surface area contributed by atoms with Crippen molar-refractivity contribution < 1.29 is 4.79 Å².